The lowest BCUT2D eigenvalue weighted by molar-refractivity contribution is 0.0691. The number of hydrogen-bond donors (Lipinski definition) is 3. The summed E-state index contributed by atoms with van der Waals surface area (Å²) in [5, 5.41) is 11.7. The Hall–Kier alpha value is -2.61. The third kappa shape index (κ3) is 5.43. The normalized spacial score (nSPS) is 11.2. The lowest BCUT2D eigenvalue weighted by atomic mass is 10.1. The van der Waals surface area contributed by atoms with Gasteiger partial charge in [0.15, 0.2) is 0 Å². The van der Waals surface area contributed by atoms with Gasteiger partial charge in [-0.05, 0) is 69.5 Å². The largest absolute Gasteiger partial charge is 0.478 e. The fraction of sp³-hybridized carbons (Fsp3) is 0.263. The molecule has 0 aromatic heterocycles. The summed E-state index contributed by atoms with van der Waals surface area (Å²) in [6.45, 7) is 7.45. The molecule has 2 aromatic rings. The lowest BCUT2D eigenvalue weighted by Gasteiger charge is -2.20. The second kappa shape index (κ2) is 7.96. The summed E-state index contributed by atoms with van der Waals surface area (Å²) in [5.41, 5.74) is 0.0146. The highest BCUT2D eigenvalue weighted by molar-refractivity contribution is 8.00. The molecule has 0 unspecified atom stereocenters. The first-order chi connectivity index (χ1) is 12.5. The first-order valence-electron chi connectivity index (χ1n) is 8.06. The Labute approximate surface area is 160 Å². The molecule has 0 fully saturated rings. The molecule has 0 radical (unpaired) electrons. The van der Waals surface area contributed by atoms with Gasteiger partial charge >= 0.3 is 5.97 Å². The highest BCUT2D eigenvalue weighted by Gasteiger charge is 2.17. The van der Waals surface area contributed by atoms with E-state index in [2.05, 4.69) is 10.0 Å². The molecule has 1 amide bonds. The maximum absolute atomic E-state index is 14.0. The highest BCUT2D eigenvalue weighted by atomic mass is 32.2. The van der Waals surface area contributed by atoms with Crippen LogP contribution in [0.15, 0.2) is 35.2 Å². The van der Waals surface area contributed by atoms with Crippen molar-refractivity contribution in [1.29, 1.82) is 0 Å². The van der Waals surface area contributed by atoms with E-state index in [1.807, 2.05) is 20.8 Å². The molecule has 0 saturated carbocycles. The predicted molar refractivity (Wildman–Crippen MR) is 101 cm³/mol. The number of carboxylic acids is 1. The zero-order valence-corrected chi connectivity index (χ0v) is 16.1. The average molecular weight is 394 g/mol. The summed E-state index contributed by atoms with van der Waals surface area (Å²) in [6.07, 6.45) is 0. The molecule has 0 atom stereocenters. The standard InChI is InChI=1S/C19H20F2N2O3S/c1-10-7-11(17(24)22-19(2,3)4)5-6-16(10)27-23-15-9-13(20)12(18(25)26)8-14(15)21/h5-9,23H,1-4H3,(H,22,24)(H,25,26). The van der Waals surface area contributed by atoms with Gasteiger partial charge in [0.05, 0.1) is 11.3 Å². The Bertz CT molecular complexity index is 895. The van der Waals surface area contributed by atoms with Crippen LogP contribution in [0.1, 0.15) is 47.1 Å². The molecule has 5 nitrogen and oxygen atoms in total. The molecule has 2 aromatic carbocycles. The summed E-state index contributed by atoms with van der Waals surface area (Å²) in [5.74, 6) is -3.64. The number of halogens is 2. The molecule has 0 aliphatic heterocycles. The summed E-state index contributed by atoms with van der Waals surface area (Å²) in [7, 11) is 0. The summed E-state index contributed by atoms with van der Waals surface area (Å²) in [6, 6.07) is 6.47. The van der Waals surface area contributed by atoms with Crippen LogP contribution in [0.4, 0.5) is 14.5 Å². The van der Waals surface area contributed by atoms with E-state index in [9.17, 15) is 18.4 Å². The predicted octanol–water partition coefficient (Wildman–Crippen LogP) is 4.62. The van der Waals surface area contributed by atoms with Gasteiger partial charge < -0.3 is 15.1 Å². The molecule has 27 heavy (non-hydrogen) atoms. The number of benzene rings is 2. The Morgan fingerprint density at radius 1 is 1.07 bits per heavy atom. The number of aryl methyl sites for hydroxylation is 1. The van der Waals surface area contributed by atoms with E-state index in [-0.39, 0.29) is 17.1 Å². The number of carbonyl (C=O) groups excluding carboxylic acids is 1. The molecule has 0 heterocycles. The van der Waals surface area contributed by atoms with Gasteiger partial charge in [0.1, 0.15) is 11.6 Å². The van der Waals surface area contributed by atoms with Crippen molar-refractivity contribution in [3.05, 3.63) is 58.7 Å². The van der Waals surface area contributed by atoms with E-state index in [4.69, 9.17) is 5.11 Å². The van der Waals surface area contributed by atoms with Crippen LogP contribution in [0.25, 0.3) is 0 Å². The number of amides is 1. The lowest BCUT2D eigenvalue weighted by Crippen LogP contribution is -2.40. The number of hydrogen-bond acceptors (Lipinski definition) is 4. The molecule has 0 bridgehead atoms. The minimum Gasteiger partial charge on any atom is -0.478 e. The molecule has 8 heteroatoms. The van der Waals surface area contributed by atoms with Crippen molar-refractivity contribution in [2.45, 2.75) is 38.1 Å². The topological polar surface area (TPSA) is 78.4 Å². The van der Waals surface area contributed by atoms with Crippen molar-refractivity contribution in [3.63, 3.8) is 0 Å². The summed E-state index contributed by atoms with van der Waals surface area (Å²) >= 11 is 1.04. The van der Waals surface area contributed by atoms with Gasteiger partial charge in [-0.25, -0.2) is 13.6 Å². The molecule has 0 aliphatic rings. The van der Waals surface area contributed by atoms with Gasteiger partial charge in [0, 0.05) is 22.1 Å². The third-order valence-corrected chi connectivity index (χ3v) is 4.48. The van der Waals surface area contributed by atoms with Gasteiger partial charge in [0.2, 0.25) is 0 Å². The Morgan fingerprint density at radius 2 is 1.74 bits per heavy atom. The second-order valence-electron chi connectivity index (χ2n) is 7.01. The van der Waals surface area contributed by atoms with Crippen molar-refractivity contribution in [3.8, 4) is 0 Å². The van der Waals surface area contributed by atoms with Crippen LogP contribution >= 0.6 is 11.9 Å². The fourth-order valence-corrected chi connectivity index (χ4v) is 2.95. The maximum atomic E-state index is 14.0. The van der Waals surface area contributed by atoms with E-state index in [0.717, 1.165) is 23.6 Å². The second-order valence-corrected chi connectivity index (χ2v) is 7.85. The Kier molecular flexibility index (Phi) is 6.10. The molecule has 0 saturated heterocycles. The van der Waals surface area contributed by atoms with Gasteiger partial charge in [-0.15, -0.1) is 0 Å². The van der Waals surface area contributed by atoms with E-state index >= 15 is 0 Å². The minimum absolute atomic E-state index is 0.170. The van der Waals surface area contributed by atoms with Crippen molar-refractivity contribution >= 4 is 29.5 Å². The van der Waals surface area contributed by atoms with Crippen LogP contribution in [0.5, 0.6) is 0 Å². The number of carboxylic acid groups (broad SMARTS) is 1. The third-order valence-electron chi connectivity index (χ3n) is 3.48. The average Bonchev–Trinajstić information content (AvgIpc) is 2.54. The SMILES string of the molecule is Cc1cc(C(=O)NC(C)(C)C)ccc1SNc1cc(F)c(C(=O)O)cc1F. The van der Waals surface area contributed by atoms with Crippen LogP contribution in [-0.4, -0.2) is 22.5 Å². The van der Waals surface area contributed by atoms with Gasteiger partial charge in [-0.3, -0.25) is 4.79 Å². The summed E-state index contributed by atoms with van der Waals surface area (Å²) < 4.78 is 30.4. The van der Waals surface area contributed by atoms with Gasteiger partial charge in [0.25, 0.3) is 5.91 Å². The molecule has 2 rings (SSSR count). The Morgan fingerprint density at radius 3 is 2.30 bits per heavy atom. The molecule has 0 aliphatic carbocycles. The van der Waals surface area contributed by atoms with Crippen LogP contribution in [0, 0.1) is 18.6 Å². The molecule has 144 valence electrons. The first-order valence-corrected chi connectivity index (χ1v) is 8.88. The van der Waals surface area contributed by atoms with Crippen LogP contribution in [0.3, 0.4) is 0 Å². The zero-order valence-electron chi connectivity index (χ0n) is 15.3. The Balaban J connectivity index is 2.14. The van der Waals surface area contributed by atoms with Crippen molar-refractivity contribution in [2.24, 2.45) is 0 Å². The van der Waals surface area contributed by atoms with Crippen molar-refractivity contribution < 1.29 is 23.5 Å². The quantitative estimate of drug-likeness (QED) is 0.645. The summed E-state index contributed by atoms with van der Waals surface area (Å²) in [4.78, 5) is 23.7. The number of anilines is 1. The highest BCUT2D eigenvalue weighted by Crippen LogP contribution is 2.28. The maximum Gasteiger partial charge on any atom is 0.338 e. The monoisotopic (exact) mass is 394 g/mol. The molecule has 3 N–H and O–H groups in total. The number of carbonyl (C=O) groups is 2. The van der Waals surface area contributed by atoms with E-state index in [1.54, 1.807) is 25.1 Å². The minimum atomic E-state index is -1.54. The van der Waals surface area contributed by atoms with Gasteiger partial charge in [-0.2, -0.15) is 0 Å². The van der Waals surface area contributed by atoms with Crippen LogP contribution < -0.4 is 10.0 Å². The van der Waals surface area contributed by atoms with Crippen molar-refractivity contribution in [1.82, 2.24) is 5.32 Å². The molecular weight excluding hydrogens is 374 g/mol. The van der Waals surface area contributed by atoms with Gasteiger partial charge in [-0.1, -0.05) is 0 Å². The van der Waals surface area contributed by atoms with E-state index < -0.39 is 23.2 Å². The van der Waals surface area contributed by atoms with Crippen LogP contribution in [0.2, 0.25) is 0 Å². The fourth-order valence-electron chi connectivity index (χ4n) is 2.22. The van der Waals surface area contributed by atoms with Crippen molar-refractivity contribution in [2.75, 3.05) is 4.72 Å². The molecule has 0 spiro atoms. The first kappa shape index (κ1) is 20.7. The van der Waals surface area contributed by atoms with E-state index in [1.165, 1.54) is 0 Å². The zero-order chi connectivity index (χ0) is 20.4. The smallest absolute Gasteiger partial charge is 0.338 e. The number of rotatable bonds is 5. The number of aromatic carboxylic acids is 1. The number of nitrogens with one attached hydrogen (secondary N) is 2. The van der Waals surface area contributed by atoms with E-state index in [0.29, 0.717) is 16.5 Å². The molecular formula is C19H20F2N2O3S. The van der Waals surface area contributed by atoms with Crippen LogP contribution in [-0.2, 0) is 0 Å².